The second kappa shape index (κ2) is 7.12. The van der Waals surface area contributed by atoms with E-state index in [1.807, 2.05) is 0 Å². The summed E-state index contributed by atoms with van der Waals surface area (Å²) in [5.74, 6) is 1.23. The largest absolute Gasteiger partial charge is 0.497 e. The number of methoxy groups -OCH3 is 1. The van der Waals surface area contributed by atoms with Gasteiger partial charge in [0.1, 0.15) is 12.3 Å². The first-order valence-electron chi connectivity index (χ1n) is 7.68. The van der Waals surface area contributed by atoms with Crippen LogP contribution >= 0.6 is 0 Å². The van der Waals surface area contributed by atoms with E-state index in [1.165, 1.54) is 7.11 Å². The third-order valence-electron chi connectivity index (χ3n) is 3.70. The van der Waals surface area contributed by atoms with Gasteiger partial charge in [-0.1, -0.05) is 0 Å². The number of ether oxygens (including phenoxy) is 3. The number of anilines is 2. The Morgan fingerprint density at radius 2 is 1.85 bits per heavy atom. The lowest BCUT2D eigenvalue weighted by Crippen LogP contribution is -2.37. The number of nitrogens with zero attached hydrogens (tertiary/aromatic N) is 1. The van der Waals surface area contributed by atoms with E-state index < -0.39 is 15.9 Å². The fourth-order valence-electron chi connectivity index (χ4n) is 2.45. The lowest BCUT2D eigenvalue weighted by atomic mass is 10.2. The molecule has 0 aliphatic carbocycles. The summed E-state index contributed by atoms with van der Waals surface area (Å²) in [5, 5.41) is 2.66. The first kappa shape index (κ1) is 17.9. The van der Waals surface area contributed by atoms with Crippen molar-refractivity contribution in [2.75, 3.05) is 36.3 Å². The van der Waals surface area contributed by atoms with Gasteiger partial charge < -0.3 is 19.5 Å². The molecule has 2 aromatic rings. The van der Waals surface area contributed by atoms with Gasteiger partial charge in [0, 0.05) is 11.8 Å². The van der Waals surface area contributed by atoms with Crippen molar-refractivity contribution >= 4 is 27.3 Å². The average molecular weight is 378 g/mol. The SMILES string of the molecule is COc1ccc(N(CC(=O)Nc2ccc3c(c2)OCO3)S(C)(=O)=O)cc1. The predicted molar refractivity (Wildman–Crippen MR) is 96.4 cm³/mol. The summed E-state index contributed by atoms with van der Waals surface area (Å²) >= 11 is 0. The van der Waals surface area contributed by atoms with Crippen LogP contribution in [0.15, 0.2) is 42.5 Å². The van der Waals surface area contributed by atoms with Gasteiger partial charge in [-0.2, -0.15) is 0 Å². The number of rotatable bonds is 6. The van der Waals surface area contributed by atoms with Crippen molar-refractivity contribution < 1.29 is 27.4 Å². The number of sulfonamides is 1. The molecule has 0 bridgehead atoms. The van der Waals surface area contributed by atoms with Crippen LogP contribution in [0.5, 0.6) is 17.2 Å². The quantitative estimate of drug-likeness (QED) is 0.824. The first-order valence-corrected chi connectivity index (χ1v) is 9.53. The highest BCUT2D eigenvalue weighted by molar-refractivity contribution is 7.92. The van der Waals surface area contributed by atoms with Gasteiger partial charge in [-0.3, -0.25) is 9.10 Å². The molecule has 1 aliphatic rings. The van der Waals surface area contributed by atoms with Crippen LogP contribution in [-0.4, -0.2) is 41.0 Å². The Bertz CT molecular complexity index is 911. The molecule has 26 heavy (non-hydrogen) atoms. The van der Waals surface area contributed by atoms with Crippen LogP contribution in [0.4, 0.5) is 11.4 Å². The maximum atomic E-state index is 12.4. The normalized spacial score (nSPS) is 12.5. The van der Waals surface area contributed by atoms with Crippen molar-refractivity contribution in [2.24, 2.45) is 0 Å². The van der Waals surface area contributed by atoms with E-state index in [1.54, 1.807) is 42.5 Å². The fraction of sp³-hybridized carbons (Fsp3) is 0.235. The minimum absolute atomic E-state index is 0.131. The number of carbonyl (C=O) groups excluding carboxylic acids is 1. The molecule has 9 heteroatoms. The number of fused-ring (bicyclic) bond motifs is 1. The van der Waals surface area contributed by atoms with Gasteiger partial charge in [-0.05, 0) is 36.4 Å². The maximum absolute atomic E-state index is 12.4. The molecule has 3 rings (SSSR count). The van der Waals surface area contributed by atoms with Gasteiger partial charge in [-0.15, -0.1) is 0 Å². The van der Waals surface area contributed by atoms with Crippen LogP contribution in [0.3, 0.4) is 0 Å². The summed E-state index contributed by atoms with van der Waals surface area (Å²) in [5.41, 5.74) is 0.858. The molecule has 1 aliphatic heterocycles. The zero-order chi connectivity index (χ0) is 18.7. The van der Waals surface area contributed by atoms with Gasteiger partial charge in [-0.25, -0.2) is 8.42 Å². The summed E-state index contributed by atoms with van der Waals surface area (Å²) in [4.78, 5) is 12.4. The molecule has 138 valence electrons. The van der Waals surface area contributed by atoms with E-state index in [0.29, 0.717) is 28.6 Å². The summed E-state index contributed by atoms with van der Waals surface area (Å²) in [6, 6.07) is 11.4. The van der Waals surface area contributed by atoms with Crippen molar-refractivity contribution in [1.29, 1.82) is 0 Å². The maximum Gasteiger partial charge on any atom is 0.245 e. The monoisotopic (exact) mass is 378 g/mol. The molecule has 0 aromatic heterocycles. The Labute approximate surface area is 151 Å². The van der Waals surface area contributed by atoms with Gasteiger partial charge in [0.05, 0.1) is 19.1 Å². The van der Waals surface area contributed by atoms with Crippen LogP contribution in [0.1, 0.15) is 0 Å². The Morgan fingerprint density at radius 3 is 2.50 bits per heavy atom. The van der Waals surface area contributed by atoms with Crippen molar-refractivity contribution in [3.63, 3.8) is 0 Å². The molecule has 0 radical (unpaired) electrons. The molecule has 1 N–H and O–H groups in total. The third kappa shape index (κ3) is 3.99. The van der Waals surface area contributed by atoms with Crippen LogP contribution < -0.4 is 23.8 Å². The standard InChI is InChI=1S/C17H18N2O6S/c1-23-14-6-4-13(5-7-14)19(26(2,21)22)10-17(20)18-12-3-8-15-16(9-12)25-11-24-15/h3-9H,10-11H2,1-2H3,(H,18,20). The minimum Gasteiger partial charge on any atom is -0.497 e. The lowest BCUT2D eigenvalue weighted by molar-refractivity contribution is -0.114. The molecular formula is C17H18N2O6S. The van der Waals surface area contributed by atoms with E-state index in [2.05, 4.69) is 5.32 Å². The van der Waals surface area contributed by atoms with Gasteiger partial charge >= 0.3 is 0 Å². The number of benzene rings is 2. The van der Waals surface area contributed by atoms with Crippen LogP contribution in [0.25, 0.3) is 0 Å². The number of amides is 1. The molecule has 0 saturated heterocycles. The zero-order valence-electron chi connectivity index (χ0n) is 14.3. The smallest absolute Gasteiger partial charge is 0.245 e. The van der Waals surface area contributed by atoms with E-state index >= 15 is 0 Å². The number of carbonyl (C=O) groups is 1. The molecule has 1 heterocycles. The van der Waals surface area contributed by atoms with E-state index in [-0.39, 0.29) is 13.3 Å². The van der Waals surface area contributed by atoms with E-state index in [9.17, 15) is 13.2 Å². The van der Waals surface area contributed by atoms with Crippen molar-refractivity contribution in [2.45, 2.75) is 0 Å². The van der Waals surface area contributed by atoms with Gasteiger partial charge in [0.2, 0.25) is 22.7 Å². The molecular weight excluding hydrogens is 360 g/mol. The molecule has 0 fully saturated rings. The first-order chi connectivity index (χ1) is 12.4. The Balaban J connectivity index is 1.75. The van der Waals surface area contributed by atoms with Gasteiger partial charge in [0.25, 0.3) is 0 Å². The lowest BCUT2D eigenvalue weighted by Gasteiger charge is -2.22. The zero-order valence-corrected chi connectivity index (χ0v) is 15.1. The number of hydrogen-bond acceptors (Lipinski definition) is 6. The Hall–Kier alpha value is -2.94. The Morgan fingerprint density at radius 1 is 1.15 bits per heavy atom. The van der Waals surface area contributed by atoms with E-state index in [4.69, 9.17) is 14.2 Å². The second-order valence-electron chi connectivity index (χ2n) is 5.58. The molecule has 2 aromatic carbocycles. The van der Waals surface area contributed by atoms with E-state index in [0.717, 1.165) is 10.6 Å². The molecule has 0 unspecified atom stereocenters. The molecule has 8 nitrogen and oxygen atoms in total. The highest BCUT2D eigenvalue weighted by Crippen LogP contribution is 2.34. The molecule has 0 atom stereocenters. The minimum atomic E-state index is -3.65. The highest BCUT2D eigenvalue weighted by atomic mass is 32.2. The van der Waals surface area contributed by atoms with Crippen molar-refractivity contribution in [3.05, 3.63) is 42.5 Å². The molecule has 0 saturated carbocycles. The second-order valence-corrected chi connectivity index (χ2v) is 7.49. The topological polar surface area (TPSA) is 94.2 Å². The van der Waals surface area contributed by atoms with Crippen molar-refractivity contribution in [1.82, 2.24) is 0 Å². The fourth-order valence-corrected chi connectivity index (χ4v) is 3.31. The Kier molecular flexibility index (Phi) is 4.90. The molecule has 0 spiro atoms. The summed E-state index contributed by atoms with van der Waals surface area (Å²) in [6.07, 6.45) is 1.05. The predicted octanol–water partition coefficient (Wildman–Crippen LogP) is 1.83. The summed E-state index contributed by atoms with van der Waals surface area (Å²) < 4.78 is 40.8. The average Bonchev–Trinajstić information content (AvgIpc) is 3.06. The number of nitrogens with one attached hydrogen (secondary N) is 1. The van der Waals surface area contributed by atoms with Crippen LogP contribution in [0.2, 0.25) is 0 Å². The molecule has 1 amide bonds. The number of hydrogen-bond donors (Lipinski definition) is 1. The van der Waals surface area contributed by atoms with Crippen LogP contribution in [0, 0.1) is 0 Å². The summed E-state index contributed by atoms with van der Waals surface area (Å²) in [7, 11) is -2.13. The summed E-state index contributed by atoms with van der Waals surface area (Å²) in [6.45, 7) is -0.230. The van der Waals surface area contributed by atoms with Gasteiger partial charge in [0.15, 0.2) is 11.5 Å². The third-order valence-corrected chi connectivity index (χ3v) is 4.84. The highest BCUT2D eigenvalue weighted by Gasteiger charge is 2.21. The van der Waals surface area contributed by atoms with Crippen LogP contribution in [-0.2, 0) is 14.8 Å². The van der Waals surface area contributed by atoms with Crippen molar-refractivity contribution in [3.8, 4) is 17.2 Å².